The molecule has 2 aliphatic rings. The Morgan fingerprint density at radius 2 is 0.823 bits per heavy atom. The molecule has 79 heavy (non-hydrogen) atoms. The summed E-state index contributed by atoms with van der Waals surface area (Å²) in [5.41, 5.74) is 8.26. The fraction of sp³-hybridized carbons (Fsp3) is 0.639. The zero-order chi connectivity index (χ0) is 56.5. The molecule has 7 heteroatoms. The second-order valence-electron chi connectivity index (χ2n) is 26.3. The molecule has 2 amide bonds. The first kappa shape index (κ1) is 62.7. The molecule has 5 nitrogen and oxygen atoms in total. The number of thiophene rings is 2. The minimum atomic E-state index is -0.0482. The first-order valence-corrected chi connectivity index (χ1v) is 34.2. The van der Waals surface area contributed by atoms with Crippen molar-refractivity contribution in [2.45, 2.75) is 273 Å². The van der Waals surface area contributed by atoms with E-state index in [4.69, 9.17) is 0 Å². The Bertz CT molecular complexity index is 2780. The molecular formula is C72H107N3O2S2. The Morgan fingerprint density at radius 1 is 0.418 bits per heavy atom. The lowest BCUT2D eigenvalue weighted by molar-refractivity contribution is -0.124. The van der Waals surface area contributed by atoms with Crippen molar-refractivity contribution >= 4 is 67.7 Å². The summed E-state index contributed by atoms with van der Waals surface area (Å²) in [4.78, 5) is 40.9. The van der Waals surface area contributed by atoms with Crippen molar-refractivity contribution in [2.75, 3.05) is 13.1 Å². The number of aromatic nitrogens is 1. The molecule has 2 atom stereocenters. The minimum absolute atomic E-state index is 0.0390. The molecule has 2 aliphatic heterocycles. The lowest BCUT2D eigenvalue weighted by Crippen LogP contribution is -2.34. The second kappa shape index (κ2) is 30.4. The summed E-state index contributed by atoms with van der Waals surface area (Å²) in [5, 5.41) is 2.63. The summed E-state index contributed by atoms with van der Waals surface area (Å²) in [7, 11) is 0. The van der Waals surface area contributed by atoms with Gasteiger partial charge in [0.25, 0.3) is 11.8 Å². The molecule has 0 saturated carbocycles. The molecule has 5 aromatic rings. The van der Waals surface area contributed by atoms with Crippen LogP contribution < -0.4 is 0 Å². The van der Waals surface area contributed by atoms with E-state index in [1.54, 1.807) is 22.7 Å². The second-order valence-corrected chi connectivity index (χ2v) is 28.5. The van der Waals surface area contributed by atoms with Gasteiger partial charge >= 0.3 is 0 Å². The van der Waals surface area contributed by atoms with Crippen molar-refractivity contribution in [1.82, 2.24) is 14.4 Å². The van der Waals surface area contributed by atoms with Crippen LogP contribution in [0.2, 0.25) is 0 Å². The standard InChI is InChI=1S/C72H107N3O2S2/c1-12-17-22-27-29-33-38-53(36-31-24-19-14-3)51-74-67(62-45-44-61(78-62)55-40-42-57-58-43-41-56(71(6,7)8)50-60(58)73(59(57)49-55)48-35-26-21-16-5)65-66(70(74)77)68(63-46-47-64(79-63)72(9,10)11)75(69(65)76)52-54(37-32-25-20-15-4)39-34-30-28-23-18-13-2/h40-47,49-50,53-54H,12-39,48,51-52H2,1-11H3. The van der Waals surface area contributed by atoms with Gasteiger partial charge in [-0.05, 0) is 102 Å². The Kier molecular flexibility index (Phi) is 24.1. The highest BCUT2D eigenvalue weighted by Gasteiger charge is 2.50. The maximum atomic E-state index is 16.0. The zero-order valence-electron chi connectivity index (χ0n) is 51.8. The summed E-state index contributed by atoms with van der Waals surface area (Å²) in [6.45, 7) is 27.6. The predicted octanol–water partition coefficient (Wildman–Crippen LogP) is 22.2. The van der Waals surface area contributed by atoms with Crippen LogP contribution in [0.15, 0.2) is 71.8 Å². The van der Waals surface area contributed by atoms with Crippen LogP contribution in [0.1, 0.15) is 276 Å². The molecule has 3 aromatic heterocycles. The molecule has 0 aliphatic carbocycles. The summed E-state index contributed by atoms with van der Waals surface area (Å²) < 4.78 is 2.60. The fourth-order valence-electron chi connectivity index (χ4n) is 12.7. The molecule has 0 spiro atoms. The number of fused-ring (bicyclic) bond motifs is 4. The first-order valence-electron chi connectivity index (χ1n) is 32.5. The lowest BCUT2D eigenvalue weighted by atomic mass is 9.86. The molecular weight excluding hydrogens is 1000 g/mol. The van der Waals surface area contributed by atoms with E-state index in [-0.39, 0.29) is 22.6 Å². The predicted molar refractivity (Wildman–Crippen MR) is 346 cm³/mol. The minimum Gasteiger partial charge on any atom is -0.340 e. The van der Waals surface area contributed by atoms with Crippen LogP contribution in [0, 0.1) is 11.8 Å². The van der Waals surface area contributed by atoms with Gasteiger partial charge in [-0.25, -0.2) is 0 Å². The van der Waals surface area contributed by atoms with Gasteiger partial charge in [0.2, 0.25) is 0 Å². The molecule has 2 unspecified atom stereocenters. The highest BCUT2D eigenvalue weighted by atomic mass is 32.1. The van der Waals surface area contributed by atoms with Crippen molar-refractivity contribution in [1.29, 1.82) is 0 Å². The summed E-state index contributed by atoms with van der Waals surface area (Å²) in [6.07, 6.45) is 34.3. The molecule has 0 fully saturated rings. The van der Waals surface area contributed by atoms with E-state index in [0.29, 0.717) is 36.1 Å². The molecule has 434 valence electrons. The SMILES string of the molecule is CCCCCCCCC(CCCCCC)CN1C(=O)C2=C(c3ccc(C(C)(C)C)s3)N(CC(CCCCCC)CCCCCCCC)C(=O)C2=C1c1ccc(-c2ccc3c4ccc(C(C)(C)C)cc4n(CCCCCC)c3c2)s1. The number of unbranched alkanes of at least 4 members (excludes halogenated alkanes) is 19. The van der Waals surface area contributed by atoms with Crippen molar-refractivity contribution in [3.05, 3.63) is 92.0 Å². The lowest BCUT2D eigenvalue weighted by Gasteiger charge is -2.29. The van der Waals surface area contributed by atoms with Crippen molar-refractivity contribution < 1.29 is 9.59 Å². The number of hydrogen-bond donors (Lipinski definition) is 0. The molecule has 0 N–H and O–H groups in total. The van der Waals surface area contributed by atoms with Crippen LogP contribution in [-0.4, -0.2) is 39.3 Å². The van der Waals surface area contributed by atoms with Crippen molar-refractivity contribution in [2.24, 2.45) is 11.8 Å². The summed E-state index contributed by atoms with van der Waals surface area (Å²) >= 11 is 3.57. The highest BCUT2D eigenvalue weighted by Crippen LogP contribution is 2.51. The van der Waals surface area contributed by atoms with Gasteiger partial charge in [0.1, 0.15) is 0 Å². The van der Waals surface area contributed by atoms with Gasteiger partial charge in [-0.1, -0.05) is 248 Å². The Morgan fingerprint density at radius 3 is 1.29 bits per heavy atom. The van der Waals surface area contributed by atoms with Gasteiger partial charge in [0, 0.05) is 51.2 Å². The van der Waals surface area contributed by atoms with Crippen molar-refractivity contribution in [3.8, 4) is 10.4 Å². The topological polar surface area (TPSA) is 45.6 Å². The number of rotatable bonds is 36. The van der Waals surface area contributed by atoms with Gasteiger partial charge in [-0.3, -0.25) is 9.59 Å². The quantitative estimate of drug-likeness (QED) is 0.0375. The average Bonchev–Trinajstić information content (AvgIpc) is 4.46. The van der Waals surface area contributed by atoms with Crippen LogP contribution in [0.4, 0.5) is 0 Å². The van der Waals surface area contributed by atoms with E-state index in [1.807, 2.05) is 0 Å². The maximum Gasteiger partial charge on any atom is 0.261 e. The van der Waals surface area contributed by atoms with Crippen molar-refractivity contribution in [3.63, 3.8) is 0 Å². The third-order valence-electron chi connectivity index (χ3n) is 17.6. The number of amides is 2. The number of carbonyl (C=O) groups is 2. The summed E-state index contributed by atoms with van der Waals surface area (Å²) in [5.74, 6) is 0.832. The van der Waals surface area contributed by atoms with Crippen LogP contribution in [0.3, 0.4) is 0 Å². The van der Waals surface area contributed by atoms with Crippen LogP contribution in [0.5, 0.6) is 0 Å². The van der Waals surface area contributed by atoms with E-state index in [1.165, 1.54) is 190 Å². The number of hydrogen-bond acceptors (Lipinski definition) is 4. The van der Waals surface area contributed by atoms with Crippen LogP contribution in [-0.2, 0) is 27.0 Å². The number of aryl methyl sites for hydroxylation is 1. The smallest absolute Gasteiger partial charge is 0.261 e. The first-order chi connectivity index (χ1) is 38.1. The van der Waals surface area contributed by atoms with Gasteiger partial charge in [-0.2, -0.15) is 0 Å². The molecule has 7 rings (SSSR count). The van der Waals surface area contributed by atoms with E-state index in [0.717, 1.165) is 59.8 Å². The van der Waals surface area contributed by atoms with E-state index in [2.05, 4.69) is 151 Å². The molecule has 0 bridgehead atoms. The summed E-state index contributed by atoms with van der Waals surface area (Å²) in [6, 6.07) is 23.3. The third kappa shape index (κ3) is 16.2. The number of benzene rings is 2. The zero-order valence-corrected chi connectivity index (χ0v) is 53.5. The Balaban J connectivity index is 1.35. The molecule has 0 radical (unpaired) electrons. The molecule has 2 aromatic carbocycles. The maximum absolute atomic E-state index is 16.0. The van der Waals surface area contributed by atoms with E-state index in [9.17, 15) is 0 Å². The highest BCUT2D eigenvalue weighted by molar-refractivity contribution is 7.16. The van der Waals surface area contributed by atoms with Crippen LogP contribution in [0.25, 0.3) is 43.6 Å². The number of carbonyl (C=O) groups excluding carboxylic acids is 2. The van der Waals surface area contributed by atoms with Gasteiger partial charge in [-0.15, -0.1) is 22.7 Å². The Hall–Kier alpha value is -3.94. The Labute approximate surface area is 489 Å². The monoisotopic (exact) mass is 1110 g/mol. The molecule has 5 heterocycles. The normalized spacial score (nSPS) is 15.1. The third-order valence-corrected chi connectivity index (χ3v) is 20.3. The fourth-order valence-corrected chi connectivity index (χ4v) is 14.9. The number of nitrogens with zero attached hydrogens (tertiary/aromatic N) is 3. The van der Waals surface area contributed by atoms with Crippen LogP contribution >= 0.6 is 22.7 Å². The largest absolute Gasteiger partial charge is 0.340 e. The van der Waals surface area contributed by atoms with Gasteiger partial charge < -0.3 is 14.4 Å². The van der Waals surface area contributed by atoms with E-state index >= 15 is 9.59 Å². The van der Waals surface area contributed by atoms with E-state index < -0.39 is 0 Å². The van der Waals surface area contributed by atoms with Gasteiger partial charge in [0.05, 0.1) is 32.3 Å². The van der Waals surface area contributed by atoms with Gasteiger partial charge in [0.15, 0.2) is 0 Å². The average molecular weight is 1110 g/mol. The molecule has 0 saturated heterocycles.